The van der Waals surface area contributed by atoms with Gasteiger partial charge in [0.25, 0.3) is 0 Å². The zero-order chi connectivity index (χ0) is 28.0. The van der Waals surface area contributed by atoms with E-state index in [1.807, 2.05) is 41.5 Å². The number of Topliss-reactive ketones (excluding diaryl/α,β-unsaturated/α-hetero) is 2. The third-order valence-corrected chi connectivity index (χ3v) is 6.42. The highest BCUT2D eigenvalue weighted by Crippen LogP contribution is 2.41. The predicted molar refractivity (Wildman–Crippen MR) is 151 cm³/mol. The molecular weight excluding hydrogens is 464 g/mol. The number of carbonyl (C=O) groups is 2. The lowest BCUT2D eigenvalue weighted by atomic mass is 9.84. The van der Waals surface area contributed by atoms with Crippen LogP contribution in [0.15, 0.2) is 57.4 Å². The number of hydrogen-bond donors (Lipinski definition) is 2. The molecule has 2 rings (SSSR count). The Hall–Kier alpha value is -3.80. The number of aliphatic hydroxyl groups is 2. The van der Waals surface area contributed by atoms with Crippen LogP contribution < -0.4 is 0 Å². The van der Waals surface area contributed by atoms with Crippen LogP contribution in [-0.2, 0) is 9.59 Å². The third kappa shape index (κ3) is 7.13. The molecule has 0 aliphatic carbocycles. The summed E-state index contributed by atoms with van der Waals surface area (Å²) >= 11 is 0. The largest absolute Gasteiger partial charge is 0.515 e. The fourth-order valence-electron chi connectivity index (χ4n) is 4.91. The molecule has 0 aromatic heterocycles. The lowest BCUT2D eigenvalue weighted by Crippen LogP contribution is -2.16. The second-order valence-corrected chi connectivity index (χ2v) is 9.77. The summed E-state index contributed by atoms with van der Waals surface area (Å²) in [7, 11) is 0. The first-order valence-electron chi connectivity index (χ1n) is 12.3. The Kier molecular flexibility index (Phi) is 9.89. The van der Waals surface area contributed by atoms with Gasteiger partial charge >= 0.3 is 0 Å². The maximum Gasteiger partial charge on any atom is 0.164 e. The normalized spacial score (nSPS) is 14.7. The molecule has 2 atom stereocenters. The van der Waals surface area contributed by atoms with Crippen LogP contribution in [0.1, 0.15) is 77.4 Å². The van der Waals surface area contributed by atoms with Gasteiger partial charge in [-0.1, -0.05) is 35.4 Å². The second-order valence-electron chi connectivity index (χ2n) is 9.77. The number of hydrogen-bond acceptors (Lipinski definition) is 6. The maximum atomic E-state index is 12.2. The average Bonchev–Trinajstić information content (AvgIpc) is 2.75. The van der Waals surface area contributed by atoms with Crippen molar-refractivity contribution >= 4 is 24.0 Å². The molecule has 0 saturated carbocycles. The molecule has 0 fully saturated rings. The number of carbonyl (C=O) groups excluding carboxylic acids is 2. The van der Waals surface area contributed by atoms with Crippen molar-refractivity contribution in [2.45, 2.75) is 74.4 Å². The number of aliphatic hydroxyl groups excluding tert-OH is 2. The first-order valence-corrected chi connectivity index (χ1v) is 12.3. The standard InChI is InChI=1S/C31H38N2O4/c1-17-10-19(3)28(20(4)11-17)30(32-14-26(16-34)23(7)35)31(33-15-27(24(8)36)25(9)37)29-21(5)12-18(2)13-22(29)6/h10-16,30-31,34,36H,1-9H3/b26-16-,27-24+,32-14?,33-15?/t30-,31-/m1/s1. The minimum absolute atomic E-state index is 0.0722. The summed E-state index contributed by atoms with van der Waals surface area (Å²) in [6.07, 6.45) is 3.55. The van der Waals surface area contributed by atoms with Crippen LogP contribution in [0, 0.1) is 41.5 Å². The Morgan fingerprint density at radius 1 is 0.703 bits per heavy atom. The first kappa shape index (κ1) is 29.4. The Labute approximate surface area is 220 Å². The van der Waals surface area contributed by atoms with E-state index in [4.69, 9.17) is 9.98 Å². The molecule has 0 aliphatic rings. The van der Waals surface area contributed by atoms with E-state index < -0.39 is 12.1 Å². The maximum absolute atomic E-state index is 12.2. The molecule has 0 radical (unpaired) electrons. The SMILES string of the molecule is CC(=O)/C(C=N[C@H](c1c(C)cc(C)cc1C)[C@H](N=C/C(C(C)=O)=C(/C)O)c1c(C)cc(C)cc1C)=C\O. The minimum Gasteiger partial charge on any atom is -0.515 e. The van der Waals surface area contributed by atoms with E-state index in [0.717, 1.165) is 50.8 Å². The molecule has 0 saturated heterocycles. The van der Waals surface area contributed by atoms with Gasteiger partial charge in [-0.3, -0.25) is 19.6 Å². The molecule has 37 heavy (non-hydrogen) atoms. The lowest BCUT2D eigenvalue weighted by Gasteiger charge is -2.28. The van der Waals surface area contributed by atoms with Gasteiger partial charge in [0, 0.05) is 12.4 Å². The Morgan fingerprint density at radius 2 is 1.08 bits per heavy atom. The summed E-state index contributed by atoms with van der Waals surface area (Å²) in [5.74, 6) is -0.732. The van der Waals surface area contributed by atoms with E-state index in [1.165, 1.54) is 33.2 Å². The molecule has 2 aromatic carbocycles. The summed E-state index contributed by atoms with van der Waals surface area (Å²) in [6, 6.07) is 7.14. The number of aliphatic imine (C=N–C) groups is 2. The molecular formula is C31H38N2O4. The summed E-state index contributed by atoms with van der Waals surface area (Å²) in [4.78, 5) is 34.0. The number of aryl methyl sites for hydroxylation is 6. The summed E-state index contributed by atoms with van der Waals surface area (Å²) < 4.78 is 0. The minimum atomic E-state index is -0.586. The van der Waals surface area contributed by atoms with Gasteiger partial charge in [-0.15, -0.1) is 0 Å². The van der Waals surface area contributed by atoms with Crippen LogP contribution in [-0.4, -0.2) is 34.2 Å². The van der Waals surface area contributed by atoms with Gasteiger partial charge in [-0.2, -0.15) is 0 Å². The monoisotopic (exact) mass is 502 g/mol. The smallest absolute Gasteiger partial charge is 0.164 e. The average molecular weight is 503 g/mol. The van der Waals surface area contributed by atoms with Crippen molar-refractivity contribution in [1.82, 2.24) is 0 Å². The van der Waals surface area contributed by atoms with Crippen molar-refractivity contribution in [3.63, 3.8) is 0 Å². The third-order valence-electron chi connectivity index (χ3n) is 6.42. The van der Waals surface area contributed by atoms with Crippen molar-refractivity contribution in [2.24, 2.45) is 9.98 Å². The summed E-state index contributed by atoms with van der Waals surface area (Å²) in [5.41, 5.74) is 8.36. The predicted octanol–water partition coefficient (Wildman–Crippen LogP) is 6.91. The molecule has 6 nitrogen and oxygen atoms in total. The van der Waals surface area contributed by atoms with Gasteiger partial charge in [0.2, 0.25) is 0 Å². The van der Waals surface area contributed by atoms with E-state index in [-0.39, 0.29) is 28.5 Å². The highest BCUT2D eigenvalue weighted by atomic mass is 16.3. The van der Waals surface area contributed by atoms with Crippen molar-refractivity contribution in [1.29, 1.82) is 0 Å². The highest BCUT2D eigenvalue weighted by molar-refractivity contribution is 6.13. The van der Waals surface area contributed by atoms with Crippen LogP contribution in [0.5, 0.6) is 0 Å². The van der Waals surface area contributed by atoms with E-state index in [1.54, 1.807) is 0 Å². The second kappa shape index (κ2) is 12.4. The zero-order valence-electron chi connectivity index (χ0n) is 23.3. The fourth-order valence-corrected chi connectivity index (χ4v) is 4.91. The van der Waals surface area contributed by atoms with Crippen molar-refractivity contribution in [2.75, 3.05) is 0 Å². The molecule has 0 amide bonds. The molecule has 2 aromatic rings. The lowest BCUT2D eigenvalue weighted by molar-refractivity contribution is -0.114. The highest BCUT2D eigenvalue weighted by Gasteiger charge is 2.29. The summed E-state index contributed by atoms with van der Waals surface area (Å²) in [6.45, 7) is 16.3. The molecule has 0 unspecified atom stereocenters. The Morgan fingerprint density at radius 3 is 1.38 bits per heavy atom. The van der Waals surface area contributed by atoms with Gasteiger partial charge in [0.05, 0.1) is 17.4 Å². The van der Waals surface area contributed by atoms with Crippen LogP contribution >= 0.6 is 0 Å². The molecule has 0 bridgehead atoms. The van der Waals surface area contributed by atoms with Crippen LogP contribution in [0.25, 0.3) is 0 Å². The number of ketones is 2. The van der Waals surface area contributed by atoms with Gasteiger partial charge in [-0.05, 0) is 95.7 Å². The molecule has 0 aliphatic heterocycles. The van der Waals surface area contributed by atoms with Crippen molar-refractivity contribution in [3.05, 3.63) is 91.9 Å². The molecule has 2 N–H and O–H groups in total. The van der Waals surface area contributed by atoms with E-state index in [2.05, 4.69) is 24.3 Å². The van der Waals surface area contributed by atoms with Gasteiger partial charge < -0.3 is 10.2 Å². The molecule has 0 spiro atoms. The van der Waals surface area contributed by atoms with E-state index in [0.29, 0.717) is 0 Å². The first-order chi connectivity index (χ1) is 17.3. The van der Waals surface area contributed by atoms with Gasteiger partial charge in [-0.25, -0.2) is 0 Å². The molecule has 6 heteroatoms. The van der Waals surface area contributed by atoms with Gasteiger partial charge in [0.1, 0.15) is 17.8 Å². The topological polar surface area (TPSA) is 99.3 Å². The van der Waals surface area contributed by atoms with Crippen molar-refractivity contribution in [3.8, 4) is 0 Å². The number of rotatable bonds is 9. The van der Waals surface area contributed by atoms with Gasteiger partial charge in [0.15, 0.2) is 11.6 Å². The zero-order valence-corrected chi connectivity index (χ0v) is 23.3. The molecule has 196 valence electrons. The summed E-state index contributed by atoms with van der Waals surface area (Å²) in [5, 5.41) is 19.7. The Bertz CT molecular complexity index is 1280. The van der Waals surface area contributed by atoms with E-state index in [9.17, 15) is 19.8 Å². The van der Waals surface area contributed by atoms with Crippen LogP contribution in [0.3, 0.4) is 0 Å². The number of nitrogens with zero attached hydrogens (tertiary/aromatic N) is 2. The van der Waals surface area contributed by atoms with Crippen molar-refractivity contribution < 1.29 is 19.8 Å². The Balaban J connectivity index is 2.97. The molecule has 0 heterocycles. The van der Waals surface area contributed by atoms with E-state index >= 15 is 0 Å². The quantitative estimate of drug-likeness (QED) is 0.221. The number of benzene rings is 2. The van der Waals surface area contributed by atoms with Crippen LogP contribution in [0.4, 0.5) is 0 Å². The fraction of sp³-hybridized carbons (Fsp3) is 0.355. The van der Waals surface area contributed by atoms with Crippen LogP contribution in [0.2, 0.25) is 0 Å². The number of allylic oxidation sites excluding steroid dienone is 3.